The van der Waals surface area contributed by atoms with E-state index in [1.807, 2.05) is 6.08 Å². The molecule has 0 aromatic carbocycles. The smallest absolute Gasteiger partial charge is 0.220 e. The van der Waals surface area contributed by atoms with Crippen molar-refractivity contribution >= 4 is 5.91 Å². The predicted molar refractivity (Wildman–Crippen MR) is 249 cm³/mol. The molecule has 1 amide bonds. The molecule has 2 rings (SSSR count). The third-order valence-electron chi connectivity index (χ3n) is 13.0. The Bertz CT molecular complexity index is 1130. The molecule has 14 nitrogen and oxygen atoms in total. The SMILES string of the molecule is CCCCCCCCCCCCCC=CC(O)C(COC1OC(CO)C(OC2OC(CO)C(O)C(O)C2O)C(O)C1O)NC(=O)CCCCCCCCCCCCCCCCCCC. The van der Waals surface area contributed by atoms with E-state index < -0.39 is 86.8 Å². The second kappa shape index (κ2) is 37.7. The molecule has 2 saturated heterocycles. The Morgan fingerprint density at radius 2 is 0.969 bits per heavy atom. The molecule has 14 heteroatoms. The zero-order valence-corrected chi connectivity index (χ0v) is 40.0. The highest BCUT2D eigenvalue weighted by molar-refractivity contribution is 5.76. The normalized spacial score (nSPS) is 27.3. The maximum absolute atomic E-state index is 13.2. The van der Waals surface area contributed by atoms with Gasteiger partial charge in [0, 0.05) is 6.42 Å². The first-order valence-electron chi connectivity index (χ1n) is 25.9. The van der Waals surface area contributed by atoms with Crippen LogP contribution in [-0.4, -0.2) is 140 Å². The Morgan fingerprint density at radius 3 is 1.44 bits per heavy atom. The van der Waals surface area contributed by atoms with Gasteiger partial charge in [-0.2, -0.15) is 0 Å². The summed E-state index contributed by atoms with van der Waals surface area (Å²) >= 11 is 0. The molecule has 378 valence electrons. The van der Waals surface area contributed by atoms with Crippen molar-refractivity contribution in [2.75, 3.05) is 19.8 Å². The minimum Gasteiger partial charge on any atom is -0.394 e. The van der Waals surface area contributed by atoms with Crippen molar-refractivity contribution in [2.24, 2.45) is 0 Å². The van der Waals surface area contributed by atoms with Crippen molar-refractivity contribution in [3.05, 3.63) is 12.2 Å². The number of unbranched alkanes of at least 4 members (excludes halogenated alkanes) is 27. The number of carbonyl (C=O) groups excluding carboxylic acids is 1. The number of carbonyl (C=O) groups is 1. The summed E-state index contributed by atoms with van der Waals surface area (Å²) in [6.07, 6.45) is 22.5. The van der Waals surface area contributed by atoms with Crippen LogP contribution in [0.15, 0.2) is 12.2 Å². The second-order valence-electron chi connectivity index (χ2n) is 18.7. The molecule has 0 aromatic rings. The summed E-state index contributed by atoms with van der Waals surface area (Å²) in [5.74, 6) is -0.237. The Balaban J connectivity index is 1.83. The van der Waals surface area contributed by atoms with Crippen molar-refractivity contribution < 1.29 is 64.6 Å². The van der Waals surface area contributed by atoms with Crippen LogP contribution in [0.3, 0.4) is 0 Å². The lowest BCUT2D eigenvalue weighted by atomic mass is 9.97. The molecule has 0 aromatic heterocycles. The minimum absolute atomic E-state index is 0.237. The number of aliphatic hydroxyl groups is 8. The summed E-state index contributed by atoms with van der Waals surface area (Å²) in [7, 11) is 0. The van der Waals surface area contributed by atoms with E-state index >= 15 is 0 Å². The van der Waals surface area contributed by atoms with Crippen LogP contribution in [0.2, 0.25) is 0 Å². The molecule has 12 unspecified atom stereocenters. The molecule has 9 N–H and O–H groups in total. The van der Waals surface area contributed by atoms with Crippen LogP contribution in [0, 0.1) is 0 Å². The van der Waals surface area contributed by atoms with Gasteiger partial charge in [-0.1, -0.05) is 193 Å². The highest BCUT2D eigenvalue weighted by Gasteiger charge is 2.51. The average molecular weight is 918 g/mol. The number of nitrogens with one attached hydrogen (secondary N) is 1. The van der Waals surface area contributed by atoms with E-state index in [9.17, 15) is 45.6 Å². The molecule has 0 spiro atoms. The highest BCUT2D eigenvalue weighted by atomic mass is 16.7. The molecule has 2 aliphatic heterocycles. The van der Waals surface area contributed by atoms with E-state index in [-0.39, 0.29) is 18.9 Å². The first-order chi connectivity index (χ1) is 31.1. The molecule has 2 fully saturated rings. The molecular weight excluding hydrogens is 823 g/mol. The molecule has 0 radical (unpaired) electrons. The van der Waals surface area contributed by atoms with Crippen molar-refractivity contribution in [1.82, 2.24) is 5.32 Å². The number of aliphatic hydroxyl groups excluding tert-OH is 8. The largest absolute Gasteiger partial charge is 0.394 e. The summed E-state index contributed by atoms with van der Waals surface area (Å²) in [5, 5.41) is 86.7. The van der Waals surface area contributed by atoms with E-state index in [2.05, 4.69) is 19.2 Å². The van der Waals surface area contributed by atoms with Gasteiger partial charge in [-0.05, 0) is 19.3 Å². The molecule has 0 saturated carbocycles. The number of hydrogen-bond donors (Lipinski definition) is 9. The number of ether oxygens (including phenoxy) is 4. The third kappa shape index (κ3) is 24.7. The molecule has 0 bridgehead atoms. The van der Waals surface area contributed by atoms with Crippen LogP contribution in [0.1, 0.15) is 206 Å². The van der Waals surface area contributed by atoms with Gasteiger partial charge in [0.15, 0.2) is 12.6 Å². The van der Waals surface area contributed by atoms with Crippen LogP contribution >= 0.6 is 0 Å². The molecular formula is C50H95NO13. The van der Waals surface area contributed by atoms with Crippen LogP contribution in [0.4, 0.5) is 0 Å². The van der Waals surface area contributed by atoms with Crippen molar-refractivity contribution in [3.8, 4) is 0 Å². The van der Waals surface area contributed by atoms with E-state index in [1.165, 1.54) is 141 Å². The standard InChI is InChI=1S/C50H95NO13/c1-3-5-7-9-11-13-15-17-18-19-20-22-24-26-28-30-32-34-42(55)51-38(39(54)33-31-29-27-25-23-21-16-14-12-10-8-6-4-2)37-61-49-47(60)45(58)48(41(36-53)63-49)64-50-46(59)44(57)43(56)40(35-52)62-50/h31,33,38-41,43-50,52-54,56-60H,3-30,32,34-37H2,1-2H3,(H,51,55). The van der Waals surface area contributed by atoms with Gasteiger partial charge in [-0.25, -0.2) is 0 Å². The Hall–Kier alpha value is -1.27. The van der Waals surface area contributed by atoms with Crippen LogP contribution < -0.4 is 5.32 Å². The molecule has 0 aliphatic carbocycles. The predicted octanol–water partition coefficient (Wildman–Crippen LogP) is 6.77. The molecule has 12 atom stereocenters. The third-order valence-corrected chi connectivity index (χ3v) is 13.0. The molecule has 2 aliphatic rings. The fraction of sp³-hybridized carbons (Fsp3) is 0.940. The zero-order valence-electron chi connectivity index (χ0n) is 40.0. The van der Waals surface area contributed by atoms with Gasteiger partial charge < -0.3 is 65.1 Å². The van der Waals surface area contributed by atoms with Gasteiger partial charge in [0.05, 0.1) is 32.0 Å². The first-order valence-corrected chi connectivity index (χ1v) is 25.9. The van der Waals surface area contributed by atoms with E-state index in [1.54, 1.807) is 6.08 Å². The van der Waals surface area contributed by atoms with Crippen LogP contribution in [-0.2, 0) is 23.7 Å². The maximum Gasteiger partial charge on any atom is 0.220 e. The topological polar surface area (TPSA) is 228 Å². The average Bonchev–Trinajstić information content (AvgIpc) is 3.29. The summed E-state index contributed by atoms with van der Waals surface area (Å²) in [6, 6.07) is -0.907. The second-order valence-corrected chi connectivity index (χ2v) is 18.7. The highest BCUT2D eigenvalue weighted by Crippen LogP contribution is 2.30. The number of allylic oxidation sites excluding steroid dienone is 1. The minimum atomic E-state index is -1.78. The van der Waals surface area contributed by atoms with Gasteiger partial charge in [0.2, 0.25) is 5.91 Å². The Labute approximate surface area is 386 Å². The van der Waals surface area contributed by atoms with Gasteiger partial charge >= 0.3 is 0 Å². The van der Waals surface area contributed by atoms with Gasteiger partial charge in [-0.15, -0.1) is 0 Å². The molecule has 2 heterocycles. The quantitative estimate of drug-likeness (QED) is 0.0229. The van der Waals surface area contributed by atoms with Gasteiger partial charge in [0.25, 0.3) is 0 Å². The van der Waals surface area contributed by atoms with Crippen molar-refractivity contribution in [2.45, 2.75) is 280 Å². The van der Waals surface area contributed by atoms with Gasteiger partial charge in [-0.3, -0.25) is 4.79 Å². The Kier molecular flexibility index (Phi) is 34.7. The number of hydrogen-bond acceptors (Lipinski definition) is 13. The summed E-state index contributed by atoms with van der Waals surface area (Å²) in [5.41, 5.74) is 0. The number of amides is 1. The monoisotopic (exact) mass is 918 g/mol. The van der Waals surface area contributed by atoms with Crippen LogP contribution in [0.5, 0.6) is 0 Å². The van der Waals surface area contributed by atoms with E-state index in [4.69, 9.17) is 18.9 Å². The lowest BCUT2D eigenvalue weighted by Gasteiger charge is -2.46. The first kappa shape index (κ1) is 58.9. The van der Waals surface area contributed by atoms with E-state index in [0.29, 0.717) is 6.42 Å². The van der Waals surface area contributed by atoms with E-state index in [0.717, 1.165) is 38.5 Å². The number of rotatable bonds is 40. The maximum atomic E-state index is 13.2. The lowest BCUT2D eigenvalue weighted by molar-refractivity contribution is -0.359. The van der Waals surface area contributed by atoms with Crippen molar-refractivity contribution in [3.63, 3.8) is 0 Å². The van der Waals surface area contributed by atoms with Gasteiger partial charge in [0.1, 0.15) is 48.8 Å². The lowest BCUT2D eigenvalue weighted by Crippen LogP contribution is -2.65. The fourth-order valence-corrected chi connectivity index (χ4v) is 8.70. The van der Waals surface area contributed by atoms with Crippen molar-refractivity contribution in [1.29, 1.82) is 0 Å². The molecule has 64 heavy (non-hydrogen) atoms. The summed E-state index contributed by atoms with van der Waals surface area (Å²) in [4.78, 5) is 13.2. The zero-order chi connectivity index (χ0) is 46.8. The fourth-order valence-electron chi connectivity index (χ4n) is 8.70. The summed E-state index contributed by atoms with van der Waals surface area (Å²) in [6.45, 7) is 2.79. The summed E-state index contributed by atoms with van der Waals surface area (Å²) < 4.78 is 22.7. The van der Waals surface area contributed by atoms with Crippen LogP contribution in [0.25, 0.3) is 0 Å². The Morgan fingerprint density at radius 1 is 0.547 bits per heavy atom.